The van der Waals surface area contributed by atoms with Gasteiger partial charge in [0.2, 0.25) is 0 Å². The summed E-state index contributed by atoms with van der Waals surface area (Å²) in [6.07, 6.45) is 10.8. The van der Waals surface area contributed by atoms with Crippen LogP contribution in [-0.4, -0.2) is 54.6 Å². The summed E-state index contributed by atoms with van der Waals surface area (Å²) in [5.41, 5.74) is 0. The van der Waals surface area contributed by atoms with E-state index in [4.69, 9.17) is 5.26 Å². The Hall–Kier alpha value is -1.28. The molecule has 2 aliphatic carbocycles. The second-order valence-electron chi connectivity index (χ2n) is 7.93. The lowest BCUT2D eigenvalue weighted by Crippen LogP contribution is -2.45. The van der Waals surface area contributed by atoms with E-state index < -0.39 is 0 Å². The summed E-state index contributed by atoms with van der Waals surface area (Å²) in [4.78, 5) is 17.1. The van der Waals surface area contributed by atoms with Gasteiger partial charge in [-0.25, -0.2) is 4.79 Å². The maximum Gasteiger partial charge on any atom is 0.317 e. The van der Waals surface area contributed by atoms with Crippen LogP contribution < -0.4 is 5.32 Å². The molecule has 5 nitrogen and oxygen atoms in total. The van der Waals surface area contributed by atoms with Gasteiger partial charge in [0.05, 0.1) is 6.07 Å². The van der Waals surface area contributed by atoms with Crippen LogP contribution in [0.4, 0.5) is 4.79 Å². The molecule has 1 aliphatic heterocycles. The number of carbonyl (C=O) groups excluding carboxylic acids is 1. The number of nitrogens with zero attached hydrogens (tertiary/aromatic N) is 3. The molecule has 5 heteroatoms. The number of nitriles is 1. The average molecular weight is 332 g/mol. The minimum atomic E-state index is 0.0816. The van der Waals surface area contributed by atoms with Crippen molar-refractivity contribution in [2.75, 3.05) is 32.7 Å². The summed E-state index contributed by atoms with van der Waals surface area (Å²) in [6.45, 7) is 5.06. The zero-order valence-corrected chi connectivity index (χ0v) is 14.9. The maximum atomic E-state index is 12.5. The smallest absolute Gasteiger partial charge is 0.317 e. The lowest BCUT2D eigenvalue weighted by molar-refractivity contribution is 0.187. The van der Waals surface area contributed by atoms with E-state index in [1.165, 1.54) is 38.6 Å². The van der Waals surface area contributed by atoms with Gasteiger partial charge in [0.15, 0.2) is 0 Å². The van der Waals surface area contributed by atoms with Gasteiger partial charge in [-0.1, -0.05) is 19.3 Å². The first-order valence-electron chi connectivity index (χ1n) is 9.92. The highest BCUT2D eigenvalue weighted by Gasteiger charge is 2.28. The monoisotopic (exact) mass is 332 g/mol. The van der Waals surface area contributed by atoms with Crippen LogP contribution in [0.3, 0.4) is 0 Å². The molecule has 1 N–H and O–H groups in total. The summed E-state index contributed by atoms with van der Waals surface area (Å²) in [6, 6.07) is 2.61. The number of hydrogen-bond acceptors (Lipinski definition) is 3. The zero-order chi connectivity index (χ0) is 16.8. The lowest BCUT2D eigenvalue weighted by Gasteiger charge is -2.29. The topological polar surface area (TPSA) is 59.4 Å². The Bertz CT molecular complexity index is 455. The third kappa shape index (κ3) is 4.86. The van der Waals surface area contributed by atoms with E-state index in [1.54, 1.807) is 0 Å². The molecule has 1 heterocycles. The minimum Gasteiger partial charge on any atom is -0.335 e. The third-order valence-corrected chi connectivity index (χ3v) is 6.06. The van der Waals surface area contributed by atoms with Gasteiger partial charge < -0.3 is 15.1 Å². The molecule has 3 aliphatic rings. The van der Waals surface area contributed by atoms with Gasteiger partial charge in [-0.15, -0.1) is 0 Å². The lowest BCUT2D eigenvalue weighted by atomic mass is 9.89. The van der Waals surface area contributed by atoms with E-state index in [0.717, 1.165) is 57.8 Å². The first-order valence-corrected chi connectivity index (χ1v) is 9.92. The number of carbonyl (C=O) groups is 1. The molecule has 0 unspecified atom stereocenters. The Morgan fingerprint density at radius 1 is 1.00 bits per heavy atom. The quantitative estimate of drug-likeness (QED) is 0.864. The van der Waals surface area contributed by atoms with Crippen LogP contribution in [0.1, 0.15) is 57.8 Å². The Kier molecular flexibility index (Phi) is 6.37. The van der Waals surface area contributed by atoms with Crippen molar-refractivity contribution in [3.63, 3.8) is 0 Å². The molecule has 3 fully saturated rings. The second-order valence-corrected chi connectivity index (χ2v) is 7.93. The number of amides is 2. The van der Waals surface area contributed by atoms with E-state index in [0.29, 0.717) is 0 Å². The van der Waals surface area contributed by atoms with Crippen LogP contribution in [0.2, 0.25) is 0 Å². The predicted octanol–water partition coefficient (Wildman–Crippen LogP) is 2.98. The molecule has 1 saturated heterocycles. The highest BCUT2D eigenvalue weighted by molar-refractivity contribution is 5.74. The van der Waals surface area contributed by atoms with Crippen molar-refractivity contribution in [3.8, 4) is 6.07 Å². The number of rotatable bonds is 3. The molecule has 0 bridgehead atoms. The molecule has 0 aromatic heterocycles. The summed E-state index contributed by atoms with van der Waals surface area (Å²) in [7, 11) is 0. The normalized spacial score (nSPS) is 29.9. The highest BCUT2D eigenvalue weighted by Crippen LogP contribution is 2.26. The van der Waals surface area contributed by atoms with Gasteiger partial charge in [0, 0.05) is 38.1 Å². The van der Waals surface area contributed by atoms with Crippen molar-refractivity contribution in [1.29, 1.82) is 5.26 Å². The van der Waals surface area contributed by atoms with Gasteiger partial charge in [-0.05, 0) is 51.0 Å². The van der Waals surface area contributed by atoms with Crippen molar-refractivity contribution < 1.29 is 4.79 Å². The molecule has 2 amide bonds. The van der Waals surface area contributed by atoms with Crippen molar-refractivity contribution in [2.24, 2.45) is 11.8 Å². The molecule has 134 valence electrons. The van der Waals surface area contributed by atoms with Crippen LogP contribution in [0.15, 0.2) is 0 Å². The van der Waals surface area contributed by atoms with Crippen molar-refractivity contribution in [1.82, 2.24) is 15.1 Å². The van der Waals surface area contributed by atoms with E-state index in [2.05, 4.69) is 16.3 Å². The molecule has 0 radical (unpaired) electrons. The van der Waals surface area contributed by atoms with Gasteiger partial charge in [-0.3, -0.25) is 0 Å². The summed E-state index contributed by atoms with van der Waals surface area (Å²) >= 11 is 0. The molecule has 0 spiro atoms. The fourth-order valence-electron chi connectivity index (χ4n) is 4.59. The number of nitrogens with one attached hydrogen (secondary N) is 1. The zero-order valence-electron chi connectivity index (χ0n) is 14.9. The third-order valence-electron chi connectivity index (χ3n) is 6.06. The average Bonchev–Trinajstić information content (AvgIpc) is 2.92. The van der Waals surface area contributed by atoms with E-state index in [9.17, 15) is 4.79 Å². The van der Waals surface area contributed by atoms with Gasteiger partial charge in [0.1, 0.15) is 0 Å². The Balaban J connectivity index is 1.41. The van der Waals surface area contributed by atoms with Gasteiger partial charge in [0.25, 0.3) is 0 Å². The van der Waals surface area contributed by atoms with Crippen LogP contribution >= 0.6 is 0 Å². The fourth-order valence-corrected chi connectivity index (χ4v) is 4.59. The largest absolute Gasteiger partial charge is 0.335 e. The Labute approximate surface area is 146 Å². The first-order chi connectivity index (χ1) is 11.7. The van der Waals surface area contributed by atoms with Crippen LogP contribution in [0.5, 0.6) is 0 Å². The summed E-state index contributed by atoms with van der Waals surface area (Å²) < 4.78 is 0. The first kappa shape index (κ1) is 17.5. The molecule has 24 heavy (non-hydrogen) atoms. The van der Waals surface area contributed by atoms with Crippen LogP contribution in [0, 0.1) is 23.2 Å². The molecule has 0 aromatic rings. The predicted molar refractivity (Wildman–Crippen MR) is 94.5 cm³/mol. The standard InChI is InChI=1S/C19H32N4O/c20-14-17-7-8-18(13-17)21-19(24)23-10-4-9-22(11-12-23)15-16-5-2-1-3-6-16/h16-18H,1-13,15H2,(H,21,24)/t17-,18+/m0/s1. The van der Waals surface area contributed by atoms with Crippen molar-refractivity contribution >= 4 is 6.03 Å². The maximum absolute atomic E-state index is 12.5. The van der Waals surface area contributed by atoms with Crippen LogP contribution in [-0.2, 0) is 0 Å². The second kappa shape index (κ2) is 8.71. The fraction of sp³-hybridized carbons (Fsp3) is 0.895. The Morgan fingerprint density at radius 2 is 1.83 bits per heavy atom. The Morgan fingerprint density at radius 3 is 2.58 bits per heavy atom. The molecule has 2 saturated carbocycles. The summed E-state index contributed by atoms with van der Waals surface area (Å²) in [5.74, 6) is 1.01. The van der Waals surface area contributed by atoms with E-state index >= 15 is 0 Å². The SMILES string of the molecule is N#C[C@H]1CC[C@@H](NC(=O)N2CCCN(CC3CCCCC3)CC2)C1. The van der Waals surface area contributed by atoms with Crippen molar-refractivity contribution in [3.05, 3.63) is 0 Å². The molecular formula is C19H32N4O. The molecule has 2 atom stereocenters. The van der Waals surface area contributed by atoms with E-state index in [-0.39, 0.29) is 18.0 Å². The summed E-state index contributed by atoms with van der Waals surface area (Å²) in [5, 5.41) is 12.1. The van der Waals surface area contributed by atoms with Gasteiger partial charge in [-0.2, -0.15) is 5.26 Å². The minimum absolute atomic E-state index is 0.0816. The van der Waals surface area contributed by atoms with E-state index in [1.807, 2.05) is 4.90 Å². The van der Waals surface area contributed by atoms with Gasteiger partial charge >= 0.3 is 6.03 Å². The molecule has 3 rings (SSSR count). The van der Waals surface area contributed by atoms with Crippen LogP contribution in [0.25, 0.3) is 0 Å². The molecule has 0 aromatic carbocycles. The highest BCUT2D eigenvalue weighted by atomic mass is 16.2. The van der Waals surface area contributed by atoms with Crippen molar-refractivity contribution in [2.45, 2.75) is 63.8 Å². The molecular weight excluding hydrogens is 300 g/mol. The number of hydrogen-bond donors (Lipinski definition) is 1. The number of urea groups is 1.